The van der Waals surface area contributed by atoms with E-state index in [0.717, 1.165) is 55.1 Å². The van der Waals surface area contributed by atoms with Gasteiger partial charge in [0.15, 0.2) is 0 Å². The molecule has 3 heterocycles. The van der Waals surface area contributed by atoms with Gasteiger partial charge >= 0.3 is 0 Å². The molecule has 0 bridgehead atoms. The maximum atomic E-state index is 11.4. The molecule has 4 N–H and O–H groups in total. The lowest BCUT2D eigenvalue weighted by Gasteiger charge is -2.36. The van der Waals surface area contributed by atoms with E-state index in [1.54, 1.807) is 11.3 Å². The molecule has 4 rings (SSSR count). The first-order valence-electron chi connectivity index (χ1n) is 9.35. The van der Waals surface area contributed by atoms with Gasteiger partial charge in [0.05, 0.1) is 18.0 Å². The number of rotatable bonds is 4. The fraction of sp³-hybridized carbons (Fsp3) is 0.611. The highest BCUT2D eigenvalue weighted by atomic mass is 32.1. The summed E-state index contributed by atoms with van der Waals surface area (Å²) in [4.78, 5) is 27.7. The molecule has 140 valence electrons. The van der Waals surface area contributed by atoms with Gasteiger partial charge < -0.3 is 11.5 Å². The highest BCUT2D eigenvalue weighted by Gasteiger charge is 2.25. The second-order valence-corrected chi connectivity index (χ2v) is 8.39. The van der Waals surface area contributed by atoms with E-state index in [9.17, 15) is 4.79 Å². The zero-order valence-electron chi connectivity index (χ0n) is 15.2. The fourth-order valence-corrected chi connectivity index (χ4v) is 5.28. The molecule has 1 fully saturated rings. The Morgan fingerprint density at radius 3 is 2.65 bits per heavy atom. The Morgan fingerprint density at radius 1 is 1.19 bits per heavy atom. The number of hydrogen-bond acceptors (Lipinski definition) is 7. The van der Waals surface area contributed by atoms with Gasteiger partial charge in [-0.2, -0.15) is 0 Å². The van der Waals surface area contributed by atoms with Gasteiger partial charge in [-0.25, -0.2) is 9.97 Å². The van der Waals surface area contributed by atoms with Crippen molar-refractivity contribution in [2.75, 3.05) is 31.9 Å². The Bertz CT molecular complexity index is 827. The van der Waals surface area contributed by atoms with Crippen molar-refractivity contribution in [3.8, 4) is 0 Å². The number of fused-ring (bicyclic) bond motifs is 3. The third-order valence-electron chi connectivity index (χ3n) is 5.62. The van der Waals surface area contributed by atoms with E-state index in [1.807, 2.05) is 6.92 Å². The number of nitrogen functional groups attached to an aromatic ring is 1. The monoisotopic (exact) mass is 374 g/mol. The highest BCUT2D eigenvalue weighted by Crippen LogP contribution is 2.37. The summed E-state index contributed by atoms with van der Waals surface area (Å²) in [7, 11) is 0. The number of aromatic nitrogens is 2. The van der Waals surface area contributed by atoms with Crippen LogP contribution in [-0.4, -0.2) is 57.9 Å². The van der Waals surface area contributed by atoms with Crippen molar-refractivity contribution in [3.05, 3.63) is 16.3 Å². The van der Waals surface area contributed by atoms with Crippen molar-refractivity contribution >= 4 is 33.3 Å². The van der Waals surface area contributed by atoms with E-state index >= 15 is 0 Å². The van der Waals surface area contributed by atoms with E-state index in [1.165, 1.54) is 23.3 Å². The van der Waals surface area contributed by atoms with Crippen LogP contribution in [0.15, 0.2) is 0 Å². The molecule has 1 aliphatic carbocycles. The largest absolute Gasteiger partial charge is 0.383 e. The van der Waals surface area contributed by atoms with Crippen molar-refractivity contribution in [2.45, 2.75) is 45.2 Å². The minimum atomic E-state index is -0.262. The van der Waals surface area contributed by atoms with E-state index in [-0.39, 0.29) is 11.9 Å². The van der Waals surface area contributed by atoms with Crippen molar-refractivity contribution in [1.82, 2.24) is 19.8 Å². The van der Waals surface area contributed by atoms with Gasteiger partial charge in [0.1, 0.15) is 16.5 Å². The molecule has 0 radical (unpaired) electrons. The average molecular weight is 375 g/mol. The summed E-state index contributed by atoms with van der Waals surface area (Å²) >= 11 is 1.79. The molecule has 1 atom stereocenters. The molecule has 0 saturated carbocycles. The number of piperazine rings is 1. The van der Waals surface area contributed by atoms with Crippen LogP contribution in [0.5, 0.6) is 0 Å². The number of nitrogens with two attached hydrogens (primary N) is 2. The summed E-state index contributed by atoms with van der Waals surface area (Å²) in [5.74, 6) is 1.16. The minimum Gasteiger partial charge on any atom is -0.383 e. The Balaban J connectivity index is 1.48. The summed E-state index contributed by atoms with van der Waals surface area (Å²) in [5, 5.41) is 1.09. The number of anilines is 1. The van der Waals surface area contributed by atoms with Crippen molar-refractivity contribution in [2.24, 2.45) is 5.73 Å². The van der Waals surface area contributed by atoms with E-state index < -0.39 is 0 Å². The Morgan fingerprint density at radius 2 is 1.92 bits per heavy atom. The molecule has 1 saturated heterocycles. The molecule has 0 aromatic carbocycles. The fourth-order valence-electron chi connectivity index (χ4n) is 3.99. The predicted molar refractivity (Wildman–Crippen MR) is 104 cm³/mol. The summed E-state index contributed by atoms with van der Waals surface area (Å²) in [5.41, 5.74) is 13.1. The molecule has 1 aliphatic heterocycles. The molecule has 1 amide bonds. The highest BCUT2D eigenvalue weighted by molar-refractivity contribution is 7.19. The smallest absolute Gasteiger partial charge is 0.234 e. The molecule has 26 heavy (non-hydrogen) atoms. The average Bonchev–Trinajstić information content (AvgIpc) is 3.00. The summed E-state index contributed by atoms with van der Waals surface area (Å²) in [6.07, 6.45) is 4.73. The molecular formula is C18H26N6OS. The van der Waals surface area contributed by atoms with Gasteiger partial charge in [0.2, 0.25) is 5.91 Å². The zero-order chi connectivity index (χ0) is 18.3. The molecule has 8 heteroatoms. The first-order chi connectivity index (χ1) is 12.5. The van der Waals surface area contributed by atoms with Crippen LogP contribution in [0.25, 0.3) is 10.2 Å². The maximum Gasteiger partial charge on any atom is 0.234 e. The second kappa shape index (κ2) is 7.09. The molecule has 0 spiro atoms. The van der Waals surface area contributed by atoms with Crippen LogP contribution in [0.4, 0.5) is 5.82 Å². The first-order valence-corrected chi connectivity index (χ1v) is 10.2. The van der Waals surface area contributed by atoms with Gasteiger partial charge in [-0.3, -0.25) is 14.6 Å². The Labute approximate surface area is 157 Å². The maximum absolute atomic E-state index is 11.4. The van der Waals surface area contributed by atoms with Crippen LogP contribution in [0.1, 0.15) is 36.0 Å². The number of hydrogen-bond donors (Lipinski definition) is 2. The first kappa shape index (κ1) is 17.6. The van der Waals surface area contributed by atoms with Crippen LogP contribution in [0.3, 0.4) is 0 Å². The standard InChI is InChI=1S/C18H26N6OS/c1-11(17(20)25)24-8-6-23(7-9-24)10-14-21-16(19)15-12-4-2-3-5-13(12)26-18(15)22-14/h11H,2-10H2,1H3,(H2,20,25)(H2,19,21,22)/t11-/m0/s1. The molecule has 0 unspecified atom stereocenters. The molecule has 2 aromatic rings. The number of carbonyl (C=O) groups is 1. The molecular weight excluding hydrogens is 348 g/mol. The lowest BCUT2D eigenvalue weighted by molar-refractivity contribution is -0.123. The number of aryl methyl sites for hydroxylation is 2. The lowest BCUT2D eigenvalue weighted by Crippen LogP contribution is -2.52. The van der Waals surface area contributed by atoms with Crippen molar-refractivity contribution in [3.63, 3.8) is 0 Å². The van der Waals surface area contributed by atoms with E-state index in [0.29, 0.717) is 12.4 Å². The topological polar surface area (TPSA) is 101 Å². The van der Waals surface area contributed by atoms with E-state index in [4.69, 9.17) is 16.5 Å². The number of amides is 1. The van der Waals surface area contributed by atoms with Gasteiger partial charge in [-0.15, -0.1) is 11.3 Å². The number of primary amides is 1. The predicted octanol–water partition coefficient (Wildman–Crippen LogP) is 1.14. The van der Waals surface area contributed by atoms with Gasteiger partial charge in [0, 0.05) is 31.1 Å². The van der Waals surface area contributed by atoms with Gasteiger partial charge in [-0.05, 0) is 38.2 Å². The molecule has 2 aromatic heterocycles. The zero-order valence-corrected chi connectivity index (χ0v) is 16.0. The summed E-state index contributed by atoms with van der Waals surface area (Å²) in [6, 6.07) is -0.210. The van der Waals surface area contributed by atoms with Crippen LogP contribution in [0, 0.1) is 0 Å². The lowest BCUT2D eigenvalue weighted by atomic mass is 9.97. The summed E-state index contributed by atoms with van der Waals surface area (Å²) < 4.78 is 0. The van der Waals surface area contributed by atoms with Crippen molar-refractivity contribution < 1.29 is 4.79 Å². The van der Waals surface area contributed by atoms with E-state index in [2.05, 4.69) is 14.8 Å². The molecule has 7 nitrogen and oxygen atoms in total. The minimum absolute atomic E-state index is 0.210. The number of nitrogens with zero attached hydrogens (tertiary/aromatic N) is 4. The Kier molecular flexibility index (Phi) is 4.81. The van der Waals surface area contributed by atoms with Crippen LogP contribution >= 0.6 is 11.3 Å². The second-order valence-electron chi connectivity index (χ2n) is 7.31. The number of thiophene rings is 1. The van der Waals surface area contributed by atoms with Crippen LogP contribution < -0.4 is 11.5 Å². The van der Waals surface area contributed by atoms with Crippen molar-refractivity contribution in [1.29, 1.82) is 0 Å². The van der Waals surface area contributed by atoms with Gasteiger partial charge in [-0.1, -0.05) is 0 Å². The van der Waals surface area contributed by atoms with Gasteiger partial charge in [0.25, 0.3) is 0 Å². The number of carbonyl (C=O) groups excluding carboxylic acids is 1. The third kappa shape index (κ3) is 3.28. The quantitative estimate of drug-likeness (QED) is 0.832. The third-order valence-corrected chi connectivity index (χ3v) is 6.81. The van der Waals surface area contributed by atoms with Crippen LogP contribution in [0.2, 0.25) is 0 Å². The molecule has 2 aliphatic rings. The SMILES string of the molecule is C[C@@H](C(N)=O)N1CCN(Cc2nc(N)c3c4c(sc3n2)CCCC4)CC1. The Hall–Kier alpha value is -1.77. The van der Waals surface area contributed by atoms with Crippen LogP contribution in [-0.2, 0) is 24.2 Å². The normalized spacial score (nSPS) is 20.2. The summed E-state index contributed by atoms with van der Waals surface area (Å²) in [6.45, 7) is 5.97.